The Bertz CT molecular complexity index is 1010. The Hall–Kier alpha value is -2.88. The van der Waals surface area contributed by atoms with Crippen LogP contribution in [0, 0.1) is 12.7 Å². The number of hydrogen-bond donors (Lipinski definition) is 0. The second-order valence-electron chi connectivity index (χ2n) is 5.75. The summed E-state index contributed by atoms with van der Waals surface area (Å²) in [6.45, 7) is 2.00. The van der Waals surface area contributed by atoms with Crippen molar-refractivity contribution in [1.29, 1.82) is 0 Å². The number of fused-ring (bicyclic) bond motifs is 1. The van der Waals surface area contributed by atoms with Gasteiger partial charge in [-0.2, -0.15) is 0 Å². The van der Waals surface area contributed by atoms with E-state index in [4.69, 9.17) is 0 Å². The fraction of sp³-hybridized carbons (Fsp3) is 0.105. The molecule has 2 heterocycles. The van der Waals surface area contributed by atoms with Gasteiger partial charge in [-0.1, -0.05) is 18.2 Å². The third-order valence-corrected chi connectivity index (χ3v) is 4.23. The highest BCUT2D eigenvalue weighted by atomic mass is 19.1. The van der Waals surface area contributed by atoms with Gasteiger partial charge in [0.1, 0.15) is 5.82 Å². The maximum atomic E-state index is 14.0. The Kier molecular flexibility index (Phi) is 3.05. The minimum Gasteiger partial charge on any atom is -0.334 e. The molecule has 23 heavy (non-hydrogen) atoms. The minimum atomic E-state index is -0.188. The van der Waals surface area contributed by atoms with Crippen LogP contribution in [0.4, 0.5) is 4.39 Å². The van der Waals surface area contributed by atoms with Gasteiger partial charge in [-0.05, 0) is 36.8 Å². The quantitative estimate of drug-likeness (QED) is 0.535. The summed E-state index contributed by atoms with van der Waals surface area (Å²) in [4.78, 5) is 4.17. The van der Waals surface area contributed by atoms with Gasteiger partial charge in [0.05, 0.1) is 23.7 Å². The van der Waals surface area contributed by atoms with E-state index < -0.39 is 0 Å². The summed E-state index contributed by atoms with van der Waals surface area (Å²) in [6.07, 6.45) is 5.55. The number of aromatic nitrogens is 3. The van der Waals surface area contributed by atoms with E-state index in [0.717, 1.165) is 28.0 Å². The van der Waals surface area contributed by atoms with Gasteiger partial charge in [0.15, 0.2) is 0 Å². The number of aryl methyl sites for hydroxylation is 2. The number of nitrogens with zero attached hydrogens (tertiary/aromatic N) is 3. The molecule has 0 atom stereocenters. The molecule has 0 spiro atoms. The standard InChI is InChI=1S/C19H16FN3/c1-13-6-7-17(20)16-8-9-23(19(13)16)15-5-3-4-14(10-15)18-11-21-12-22(18)2/h3-12H,1-2H3. The first-order valence-corrected chi connectivity index (χ1v) is 7.48. The molecule has 0 aliphatic heterocycles. The minimum absolute atomic E-state index is 0.188. The molecule has 0 bridgehead atoms. The number of halogens is 1. The Morgan fingerprint density at radius 1 is 1.09 bits per heavy atom. The fourth-order valence-electron chi connectivity index (χ4n) is 3.06. The summed E-state index contributed by atoms with van der Waals surface area (Å²) in [5.41, 5.74) is 5.10. The summed E-state index contributed by atoms with van der Waals surface area (Å²) >= 11 is 0. The molecule has 4 heteroatoms. The Morgan fingerprint density at radius 3 is 2.74 bits per heavy atom. The lowest BCUT2D eigenvalue weighted by molar-refractivity contribution is 0.639. The topological polar surface area (TPSA) is 22.8 Å². The lowest BCUT2D eigenvalue weighted by Gasteiger charge is -2.10. The van der Waals surface area contributed by atoms with Crippen LogP contribution in [0.2, 0.25) is 0 Å². The summed E-state index contributed by atoms with van der Waals surface area (Å²) in [6, 6.07) is 13.4. The fourth-order valence-corrected chi connectivity index (χ4v) is 3.06. The first-order chi connectivity index (χ1) is 11.1. The molecule has 3 nitrogen and oxygen atoms in total. The molecule has 0 aliphatic carbocycles. The summed E-state index contributed by atoms with van der Waals surface area (Å²) in [5, 5.41) is 0.649. The predicted molar refractivity (Wildman–Crippen MR) is 90.2 cm³/mol. The largest absolute Gasteiger partial charge is 0.334 e. The van der Waals surface area contributed by atoms with Gasteiger partial charge in [0, 0.05) is 29.9 Å². The van der Waals surface area contributed by atoms with Crippen molar-refractivity contribution in [2.75, 3.05) is 0 Å². The molecule has 0 amide bonds. The van der Waals surface area contributed by atoms with Gasteiger partial charge < -0.3 is 9.13 Å². The smallest absolute Gasteiger partial charge is 0.132 e. The van der Waals surface area contributed by atoms with E-state index in [0.29, 0.717) is 5.39 Å². The average Bonchev–Trinajstić information content (AvgIpc) is 3.18. The van der Waals surface area contributed by atoms with Crippen molar-refractivity contribution in [2.45, 2.75) is 6.92 Å². The molecule has 2 aromatic heterocycles. The van der Waals surface area contributed by atoms with E-state index in [9.17, 15) is 4.39 Å². The maximum Gasteiger partial charge on any atom is 0.132 e. The van der Waals surface area contributed by atoms with Crippen molar-refractivity contribution in [2.24, 2.45) is 7.05 Å². The normalized spacial score (nSPS) is 11.3. The second-order valence-corrected chi connectivity index (χ2v) is 5.75. The maximum absolute atomic E-state index is 14.0. The van der Waals surface area contributed by atoms with E-state index in [1.807, 2.05) is 59.8 Å². The van der Waals surface area contributed by atoms with Crippen LogP contribution in [-0.4, -0.2) is 14.1 Å². The highest BCUT2D eigenvalue weighted by Gasteiger charge is 2.11. The summed E-state index contributed by atoms with van der Waals surface area (Å²) in [7, 11) is 1.97. The zero-order valence-corrected chi connectivity index (χ0v) is 13.0. The molecule has 4 aromatic rings. The second kappa shape index (κ2) is 5.09. The van der Waals surface area contributed by atoms with Crippen molar-refractivity contribution in [3.8, 4) is 16.9 Å². The molecule has 0 N–H and O–H groups in total. The Morgan fingerprint density at radius 2 is 1.96 bits per heavy atom. The summed E-state index contributed by atoms with van der Waals surface area (Å²) < 4.78 is 18.0. The van der Waals surface area contributed by atoms with E-state index in [1.54, 1.807) is 6.33 Å². The van der Waals surface area contributed by atoms with Gasteiger partial charge in [0.2, 0.25) is 0 Å². The van der Waals surface area contributed by atoms with E-state index >= 15 is 0 Å². The molecule has 0 fully saturated rings. The Labute approximate surface area is 133 Å². The lowest BCUT2D eigenvalue weighted by atomic mass is 10.1. The van der Waals surface area contributed by atoms with Crippen LogP contribution >= 0.6 is 0 Å². The first-order valence-electron chi connectivity index (χ1n) is 7.48. The molecule has 0 saturated carbocycles. The Balaban J connectivity index is 1.93. The van der Waals surface area contributed by atoms with Crippen LogP contribution in [0.1, 0.15) is 5.56 Å². The number of imidazole rings is 1. The van der Waals surface area contributed by atoms with Crippen LogP contribution in [0.3, 0.4) is 0 Å². The van der Waals surface area contributed by atoms with Gasteiger partial charge in [-0.15, -0.1) is 0 Å². The molecule has 114 valence electrons. The molecule has 2 aromatic carbocycles. The van der Waals surface area contributed by atoms with Gasteiger partial charge >= 0.3 is 0 Å². The van der Waals surface area contributed by atoms with Crippen molar-refractivity contribution >= 4 is 10.9 Å². The average molecular weight is 305 g/mol. The molecule has 4 rings (SSSR count). The van der Waals surface area contributed by atoms with Crippen LogP contribution in [0.5, 0.6) is 0 Å². The molecule has 0 saturated heterocycles. The van der Waals surface area contributed by atoms with Crippen LogP contribution < -0.4 is 0 Å². The van der Waals surface area contributed by atoms with E-state index in [2.05, 4.69) is 17.1 Å². The van der Waals surface area contributed by atoms with E-state index in [1.165, 1.54) is 6.07 Å². The van der Waals surface area contributed by atoms with E-state index in [-0.39, 0.29) is 5.82 Å². The van der Waals surface area contributed by atoms with Crippen molar-refractivity contribution < 1.29 is 4.39 Å². The van der Waals surface area contributed by atoms with Crippen molar-refractivity contribution in [3.63, 3.8) is 0 Å². The summed E-state index contributed by atoms with van der Waals surface area (Å²) in [5.74, 6) is -0.188. The number of hydrogen-bond acceptors (Lipinski definition) is 1. The SMILES string of the molecule is Cc1ccc(F)c2ccn(-c3cccc(-c4cncn4C)c3)c12. The highest BCUT2D eigenvalue weighted by molar-refractivity contribution is 5.85. The number of benzene rings is 2. The monoisotopic (exact) mass is 305 g/mol. The van der Waals surface area contributed by atoms with Gasteiger partial charge in [-0.25, -0.2) is 9.37 Å². The highest BCUT2D eigenvalue weighted by Crippen LogP contribution is 2.28. The first kappa shape index (κ1) is 13.8. The van der Waals surface area contributed by atoms with Gasteiger partial charge in [0.25, 0.3) is 0 Å². The van der Waals surface area contributed by atoms with Crippen molar-refractivity contribution in [3.05, 3.63) is 72.6 Å². The van der Waals surface area contributed by atoms with Gasteiger partial charge in [-0.3, -0.25) is 0 Å². The molecular formula is C19H16FN3. The molecule has 0 aliphatic rings. The zero-order valence-electron chi connectivity index (χ0n) is 13.0. The van der Waals surface area contributed by atoms with Crippen LogP contribution in [-0.2, 0) is 7.05 Å². The number of rotatable bonds is 2. The zero-order chi connectivity index (χ0) is 16.0. The molecule has 0 unspecified atom stereocenters. The van der Waals surface area contributed by atoms with Crippen molar-refractivity contribution in [1.82, 2.24) is 14.1 Å². The third kappa shape index (κ3) is 2.14. The van der Waals surface area contributed by atoms with Crippen LogP contribution in [0.25, 0.3) is 27.8 Å². The predicted octanol–water partition coefficient (Wildman–Crippen LogP) is 4.48. The van der Waals surface area contributed by atoms with Crippen LogP contribution in [0.15, 0.2) is 61.2 Å². The lowest BCUT2D eigenvalue weighted by Crippen LogP contribution is -1.96. The molecular weight excluding hydrogens is 289 g/mol. The third-order valence-electron chi connectivity index (χ3n) is 4.23. The molecule has 0 radical (unpaired) electrons.